The lowest BCUT2D eigenvalue weighted by atomic mass is 10.2. The van der Waals surface area contributed by atoms with Crippen LogP contribution in [-0.2, 0) is 16.0 Å². The first kappa shape index (κ1) is 17.2. The van der Waals surface area contributed by atoms with E-state index >= 15 is 0 Å². The van der Waals surface area contributed by atoms with Crippen LogP contribution in [0.25, 0.3) is 0 Å². The van der Waals surface area contributed by atoms with Crippen LogP contribution < -0.4 is 10.1 Å². The van der Waals surface area contributed by atoms with Crippen LogP contribution in [0.4, 0.5) is 0 Å². The lowest BCUT2D eigenvalue weighted by Gasteiger charge is -2.15. The van der Waals surface area contributed by atoms with Crippen LogP contribution in [0.15, 0.2) is 18.2 Å². The van der Waals surface area contributed by atoms with Crippen molar-refractivity contribution in [3.8, 4) is 5.75 Å². The normalized spacial score (nSPS) is 11.1. The summed E-state index contributed by atoms with van der Waals surface area (Å²) in [7, 11) is 1.65. The number of methoxy groups -OCH3 is 1. The van der Waals surface area contributed by atoms with Gasteiger partial charge in [0.15, 0.2) is 0 Å². The summed E-state index contributed by atoms with van der Waals surface area (Å²) in [5.74, 6) is 0.734. The average molecular weight is 302 g/mol. The first-order valence-corrected chi connectivity index (χ1v) is 7.23. The van der Waals surface area contributed by atoms with Crippen molar-refractivity contribution in [3.05, 3.63) is 28.8 Å². The molecule has 0 unspecified atom stereocenters. The van der Waals surface area contributed by atoms with Gasteiger partial charge in [0.1, 0.15) is 12.4 Å². The molecular formula is C15H24ClNO3. The Morgan fingerprint density at radius 3 is 2.60 bits per heavy atom. The van der Waals surface area contributed by atoms with Crippen LogP contribution >= 0.6 is 11.6 Å². The van der Waals surface area contributed by atoms with Crippen molar-refractivity contribution in [3.63, 3.8) is 0 Å². The third-order valence-electron chi connectivity index (χ3n) is 2.66. The zero-order valence-corrected chi connectivity index (χ0v) is 13.2. The quantitative estimate of drug-likeness (QED) is 0.675. The minimum absolute atomic E-state index is 0.416. The molecule has 0 saturated heterocycles. The fourth-order valence-corrected chi connectivity index (χ4v) is 1.86. The summed E-state index contributed by atoms with van der Waals surface area (Å²) in [4.78, 5) is 0. The molecule has 4 nitrogen and oxygen atoms in total. The van der Waals surface area contributed by atoms with E-state index in [4.69, 9.17) is 25.8 Å². The number of hydrogen-bond acceptors (Lipinski definition) is 4. The second-order valence-electron chi connectivity index (χ2n) is 4.72. The van der Waals surface area contributed by atoms with E-state index in [1.165, 1.54) is 0 Å². The SMILES string of the molecule is COCCOCCOc1c(Cl)cccc1CNC(C)C. The molecule has 0 aliphatic heterocycles. The summed E-state index contributed by atoms with van der Waals surface area (Å²) in [6.07, 6.45) is 0. The molecule has 0 amide bonds. The highest BCUT2D eigenvalue weighted by molar-refractivity contribution is 6.32. The Kier molecular flexibility index (Phi) is 8.62. The van der Waals surface area contributed by atoms with Crippen molar-refractivity contribution in [2.45, 2.75) is 26.4 Å². The Balaban J connectivity index is 2.46. The van der Waals surface area contributed by atoms with Crippen LogP contribution in [-0.4, -0.2) is 39.6 Å². The molecule has 20 heavy (non-hydrogen) atoms. The molecule has 0 aliphatic carbocycles. The minimum Gasteiger partial charge on any atom is -0.489 e. The highest BCUT2D eigenvalue weighted by Gasteiger charge is 2.08. The van der Waals surface area contributed by atoms with E-state index in [-0.39, 0.29) is 0 Å². The number of ether oxygens (including phenoxy) is 3. The molecular weight excluding hydrogens is 278 g/mol. The number of nitrogens with one attached hydrogen (secondary N) is 1. The highest BCUT2D eigenvalue weighted by atomic mass is 35.5. The van der Waals surface area contributed by atoms with Crippen molar-refractivity contribution in [1.29, 1.82) is 0 Å². The molecule has 0 bridgehead atoms. The molecule has 5 heteroatoms. The monoisotopic (exact) mass is 301 g/mol. The Morgan fingerprint density at radius 1 is 1.15 bits per heavy atom. The zero-order valence-electron chi connectivity index (χ0n) is 12.4. The predicted molar refractivity (Wildman–Crippen MR) is 81.6 cm³/mol. The number of rotatable bonds is 10. The van der Waals surface area contributed by atoms with Crippen molar-refractivity contribution in [2.24, 2.45) is 0 Å². The summed E-state index contributed by atoms with van der Waals surface area (Å²) >= 11 is 6.19. The molecule has 114 valence electrons. The maximum Gasteiger partial charge on any atom is 0.142 e. The van der Waals surface area contributed by atoms with Crippen molar-refractivity contribution >= 4 is 11.6 Å². The summed E-state index contributed by atoms with van der Waals surface area (Å²) in [6.45, 7) is 7.11. The smallest absolute Gasteiger partial charge is 0.142 e. The zero-order chi connectivity index (χ0) is 14.8. The van der Waals surface area contributed by atoms with Crippen molar-refractivity contribution in [1.82, 2.24) is 5.32 Å². The van der Waals surface area contributed by atoms with E-state index in [2.05, 4.69) is 19.2 Å². The first-order chi connectivity index (χ1) is 9.65. The van der Waals surface area contributed by atoms with Gasteiger partial charge in [0.05, 0.1) is 24.8 Å². The highest BCUT2D eigenvalue weighted by Crippen LogP contribution is 2.28. The third-order valence-corrected chi connectivity index (χ3v) is 2.95. The van der Waals surface area contributed by atoms with E-state index in [0.717, 1.165) is 17.9 Å². The maximum absolute atomic E-state index is 6.19. The summed E-state index contributed by atoms with van der Waals surface area (Å²) in [5, 5.41) is 3.99. The third kappa shape index (κ3) is 6.57. The second-order valence-corrected chi connectivity index (χ2v) is 5.12. The lowest BCUT2D eigenvalue weighted by molar-refractivity contribution is 0.0543. The van der Waals surface area contributed by atoms with E-state index in [0.29, 0.717) is 37.5 Å². The lowest BCUT2D eigenvalue weighted by Crippen LogP contribution is -2.22. The van der Waals surface area contributed by atoms with Gasteiger partial charge in [0, 0.05) is 25.3 Å². The first-order valence-electron chi connectivity index (χ1n) is 6.85. The van der Waals surface area contributed by atoms with Gasteiger partial charge in [-0.05, 0) is 6.07 Å². The van der Waals surface area contributed by atoms with Crippen molar-refractivity contribution < 1.29 is 14.2 Å². The van der Waals surface area contributed by atoms with Crippen LogP contribution in [0.2, 0.25) is 5.02 Å². The van der Waals surface area contributed by atoms with Gasteiger partial charge in [-0.25, -0.2) is 0 Å². The number of halogens is 1. The Morgan fingerprint density at radius 2 is 1.90 bits per heavy atom. The molecule has 0 aliphatic rings. The van der Waals surface area contributed by atoms with Gasteiger partial charge in [-0.1, -0.05) is 37.6 Å². The molecule has 1 aromatic carbocycles. The Labute approximate surface area is 126 Å². The van der Waals surface area contributed by atoms with E-state index in [1.807, 2.05) is 18.2 Å². The topological polar surface area (TPSA) is 39.7 Å². The molecule has 0 radical (unpaired) electrons. The molecule has 0 atom stereocenters. The second kappa shape index (κ2) is 10.00. The standard InChI is InChI=1S/C15H24ClNO3/c1-12(2)17-11-13-5-4-6-14(16)15(13)20-10-9-19-8-7-18-3/h4-6,12,17H,7-11H2,1-3H3. The van der Waals surface area contributed by atoms with Gasteiger partial charge in [-0.15, -0.1) is 0 Å². The fraction of sp³-hybridized carbons (Fsp3) is 0.600. The van der Waals surface area contributed by atoms with E-state index < -0.39 is 0 Å². The maximum atomic E-state index is 6.19. The molecule has 1 N–H and O–H groups in total. The summed E-state index contributed by atoms with van der Waals surface area (Å²) in [5.41, 5.74) is 1.06. The molecule has 0 heterocycles. The number of para-hydroxylation sites is 1. The molecule has 0 spiro atoms. The average Bonchev–Trinajstić information content (AvgIpc) is 2.42. The number of benzene rings is 1. The molecule has 0 saturated carbocycles. The Hall–Kier alpha value is -0.810. The van der Waals surface area contributed by atoms with E-state index in [9.17, 15) is 0 Å². The number of hydrogen-bond donors (Lipinski definition) is 1. The van der Waals surface area contributed by atoms with Crippen LogP contribution in [0.3, 0.4) is 0 Å². The fourth-order valence-electron chi connectivity index (χ4n) is 1.62. The van der Waals surface area contributed by atoms with Gasteiger partial charge < -0.3 is 19.5 Å². The molecule has 0 aromatic heterocycles. The summed E-state index contributed by atoms with van der Waals surface area (Å²) < 4.78 is 16.0. The largest absolute Gasteiger partial charge is 0.489 e. The van der Waals surface area contributed by atoms with Gasteiger partial charge >= 0.3 is 0 Å². The van der Waals surface area contributed by atoms with Gasteiger partial charge in [0.2, 0.25) is 0 Å². The van der Waals surface area contributed by atoms with Crippen LogP contribution in [0.5, 0.6) is 5.75 Å². The van der Waals surface area contributed by atoms with Gasteiger partial charge in [-0.2, -0.15) is 0 Å². The predicted octanol–water partition coefficient (Wildman–Crippen LogP) is 2.88. The summed E-state index contributed by atoms with van der Waals surface area (Å²) in [6, 6.07) is 6.20. The Bertz CT molecular complexity index is 385. The molecule has 1 rings (SSSR count). The molecule has 1 aromatic rings. The van der Waals surface area contributed by atoms with Crippen LogP contribution in [0, 0.1) is 0 Å². The van der Waals surface area contributed by atoms with Gasteiger partial charge in [0.25, 0.3) is 0 Å². The van der Waals surface area contributed by atoms with Gasteiger partial charge in [-0.3, -0.25) is 0 Å². The van der Waals surface area contributed by atoms with Crippen molar-refractivity contribution in [2.75, 3.05) is 33.5 Å². The molecule has 0 fully saturated rings. The van der Waals surface area contributed by atoms with E-state index in [1.54, 1.807) is 7.11 Å². The minimum atomic E-state index is 0.416. The van der Waals surface area contributed by atoms with Crippen LogP contribution in [0.1, 0.15) is 19.4 Å².